The lowest BCUT2D eigenvalue weighted by atomic mass is 10.1. The standard InChI is InChI=1S/C19H13N5O/c20-11-13-1-5-15(6-2-13)18(25)19-22-10-9-17(24-19)23-16-7-3-14(12-21)4-8-16/h1-10,18,25H,(H,22,23,24). The average Bonchev–Trinajstić information content (AvgIpc) is 2.68. The van der Waals surface area contributed by atoms with Gasteiger partial charge in [0.2, 0.25) is 0 Å². The summed E-state index contributed by atoms with van der Waals surface area (Å²) in [5.41, 5.74) is 2.48. The number of hydrogen-bond acceptors (Lipinski definition) is 6. The second-order valence-electron chi connectivity index (χ2n) is 5.25. The van der Waals surface area contributed by atoms with Gasteiger partial charge in [-0.2, -0.15) is 10.5 Å². The molecule has 0 bridgehead atoms. The Morgan fingerprint density at radius 3 is 2.08 bits per heavy atom. The zero-order chi connectivity index (χ0) is 17.6. The Balaban J connectivity index is 1.80. The highest BCUT2D eigenvalue weighted by Gasteiger charge is 2.14. The topological polar surface area (TPSA) is 106 Å². The Hall–Kier alpha value is -3.74. The van der Waals surface area contributed by atoms with E-state index in [4.69, 9.17) is 10.5 Å². The number of rotatable bonds is 4. The van der Waals surface area contributed by atoms with Crippen LogP contribution in [0.25, 0.3) is 0 Å². The highest BCUT2D eigenvalue weighted by Crippen LogP contribution is 2.21. The molecule has 0 aliphatic heterocycles. The van der Waals surface area contributed by atoms with Gasteiger partial charge in [-0.3, -0.25) is 0 Å². The molecule has 1 unspecified atom stereocenters. The van der Waals surface area contributed by atoms with Crippen molar-refractivity contribution in [3.05, 3.63) is 83.3 Å². The maximum atomic E-state index is 10.4. The minimum absolute atomic E-state index is 0.253. The number of nitriles is 2. The summed E-state index contributed by atoms with van der Waals surface area (Å²) in [6.45, 7) is 0. The minimum Gasteiger partial charge on any atom is -0.380 e. The van der Waals surface area contributed by atoms with E-state index in [2.05, 4.69) is 21.4 Å². The fourth-order valence-electron chi connectivity index (χ4n) is 2.24. The molecule has 1 aromatic heterocycles. The molecular weight excluding hydrogens is 314 g/mol. The van der Waals surface area contributed by atoms with Gasteiger partial charge in [0, 0.05) is 11.9 Å². The number of nitrogens with one attached hydrogen (secondary N) is 1. The Bertz CT molecular complexity index is 953. The van der Waals surface area contributed by atoms with Crippen LogP contribution in [-0.4, -0.2) is 15.1 Å². The van der Waals surface area contributed by atoms with Crippen LogP contribution in [-0.2, 0) is 0 Å². The van der Waals surface area contributed by atoms with E-state index in [-0.39, 0.29) is 5.82 Å². The smallest absolute Gasteiger partial charge is 0.163 e. The predicted octanol–water partition coefficient (Wildman–Crippen LogP) is 3.05. The molecule has 2 aromatic carbocycles. The lowest BCUT2D eigenvalue weighted by Gasteiger charge is -2.12. The SMILES string of the molecule is N#Cc1ccc(Nc2ccnc(C(O)c3ccc(C#N)cc3)n2)cc1. The molecule has 1 heterocycles. The summed E-state index contributed by atoms with van der Waals surface area (Å²) in [6.07, 6.45) is 0.566. The molecule has 3 aromatic rings. The third kappa shape index (κ3) is 3.78. The Kier molecular flexibility index (Phi) is 4.66. The van der Waals surface area contributed by atoms with Crippen LogP contribution in [0.1, 0.15) is 28.6 Å². The van der Waals surface area contributed by atoms with E-state index in [9.17, 15) is 5.11 Å². The van der Waals surface area contributed by atoms with Crippen molar-refractivity contribution in [3.8, 4) is 12.1 Å². The molecule has 2 N–H and O–H groups in total. The monoisotopic (exact) mass is 327 g/mol. The molecule has 6 heteroatoms. The number of aromatic nitrogens is 2. The van der Waals surface area contributed by atoms with Crippen molar-refractivity contribution in [1.82, 2.24) is 9.97 Å². The summed E-state index contributed by atoms with van der Waals surface area (Å²) in [7, 11) is 0. The predicted molar refractivity (Wildman–Crippen MR) is 91.7 cm³/mol. The van der Waals surface area contributed by atoms with Crippen LogP contribution in [0, 0.1) is 22.7 Å². The van der Waals surface area contributed by atoms with E-state index >= 15 is 0 Å². The normalized spacial score (nSPS) is 11.2. The first-order chi connectivity index (χ1) is 12.2. The Labute approximate surface area is 144 Å². The van der Waals surface area contributed by atoms with Gasteiger partial charge in [0.25, 0.3) is 0 Å². The average molecular weight is 327 g/mol. The molecule has 0 saturated heterocycles. The molecule has 25 heavy (non-hydrogen) atoms. The van der Waals surface area contributed by atoms with Gasteiger partial charge >= 0.3 is 0 Å². The Morgan fingerprint density at radius 1 is 0.880 bits per heavy atom. The van der Waals surface area contributed by atoms with Crippen LogP contribution < -0.4 is 5.32 Å². The van der Waals surface area contributed by atoms with E-state index in [0.29, 0.717) is 22.5 Å². The lowest BCUT2D eigenvalue weighted by Crippen LogP contribution is -2.07. The molecule has 0 saturated carbocycles. The lowest BCUT2D eigenvalue weighted by molar-refractivity contribution is 0.210. The number of benzene rings is 2. The summed E-state index contributed by atoms with van der Waals surface area (Å²) in [4.78, 5) is 8.45. The van der Waals surface area contributed by atoms with Crippen LogP contribution in [0.15, 0.2) is 60.8 Å². The van der Waals surface area contributed by atoms with E-state index in [1.54, 1.807) is 60.8 Å². The minimum atomic E-state index is -0.990. The maximum absolute atomic E-state index is 10.4. The molecule has 1 atom stereocenters. The van der Waals surface area contributed by atoms with Crippen LogP contribution in [0.2, 0.25) is 0 Å². The Morgan fingerprint density at radius 2 is 1.48 bits per heavy atom. The summed E-state index contributed by atoms with van der Waals surface area (Å²) in [5, 5.41) is 31.2. The molecule has 6 nitrogen and oxygen atoms in total. The highest BCUT2D eigenvalue weighted by molar-refractivity contribution is 5.57. The number of nitrogens with zero attached hydrogens (tertiary/aromatic N) is 4. The summed E-state index contributed by atoms with van der Waals surface area (Å²) >= 11 is 0. The van der Waals surface area contributed by atoms with Crippen molar-refractivity contribution in [2.45, 2.75) is 6.10 Å². The molecule has 0 spiro atoms. The number of aliphatic hydroxyl groups excluding tert-OH is 1. The maximum Gasteiger partial charge on any atom is 0.163 e. The second-order valence-corrected chi connectivity index (χ2v) is 5.25. The van der Waals surface area contributed by atoms with E-state index in [1.807, 2.05) is 6.07 Å². The third-order valence-corrected chi connectivity index (χ3v) is 3.56. The van der Waals surface area contributed by atoms with E-state index in [1.165, 1.54) is 0 Å². The van der Waals surface area contributed by atoms with Crippen molar-refractivity contribution in [2.24, 2.45) is 0 Å². The first-order valence-corrected chi connectivity index (χ1v) is 7.48. The van der Waals surface area contributed by atoms with Gasteiger partial charge in [0.15, 0.2) is 5.82 Å². The molecule has 0 aliphatic rings. The largest absolute Gasteiger partial charge is 0.380 e. The number of hydrogen-bond donors (Lipinski definition) is 2. The van der Waals surface area contributed by atoms with Gasteiger partial charge in [-0.1, -0.05) is 12.1 Å². The molecule has 0 amide bonds. The van der Waals surface area contributed by atoms with Gasteiger partial charge in [-0.25, -0.2) is 9.97 Å². The van der Waals surface area contributed by atoms with Crippen LogP contribution in [0.3, 0.4) is 0 Å². The quantitative estimate of drug-likeness (QED) is 0.763. The fraction of sp³-hybridized carbons (Fsp3) is 0.0526. The van der Waals surface area contributed by atoms with Crippen molar-refractivity contribution < 1.29 is 5.11 Å². The molecule has 0 radical (unpaired) electrons. The zero-order valence-corrected chi connectivity index (χ0v) is 13.1. The second kappa shape index (κ2) is 7.22. The first-order valence-electron chi connectivity index (χ1n) is 7.48. The van der Waals surface area contributed by atoms with Gasteiger partial charge in [-0.05, 0) is 48.0 Å². The number of anilines is 2. The van der Waals surface area contributed by atoms with Gasteiger partial charge in [0.05, 0.1) is 23.3 Å². The highest BCUT2D eigenvalue weighted by atomic mass is 16.3. The van der Waals surface area contributed by atoms with E-state index < -0.39 is 6.10 Å². The van der Waals surface area contributed by atoms with Crippen molar-refractivity contribution in [3.63, 3.8) is 0 Å². The van der Waals surface area contributed by atoms with Crippen molar-refractivity contribution in [1.29, 1.82) is 10.5 Å². The van der Waals surface area contributed by atoms with Crippen LogP contribution >= 0.6 is 0 Å². The summed E-state index contributed by atoms with van der Waals surface area (Å²) in [5.74, 6) is 0.783. The summed E-state index contributed by atoms with van der Waals surface area (Å²) < 4.78 is 0. The first kappa shape index (κ1) is 16.1. The van der Waals surface area contributed by atoms with Gasteiger partial charge in [-0.15, -0.1) is 0 Å². The zero-order valence-electron chi connectivity index (χ0n) is 13.1. The summed E-state index contributed by atoms with van der Waals surface area (Å²) in [6, 6.07) is 19.4. The van der Waals surface area contributed by atoms with E-state index in [0.717, 1.165) is 5.69 Å². The molecule has 3 rings (SSSR count). The molecule has 120 valence electrons. The molecular formula is C19H13N5O. The van der Waals surface area contributed by atoms with Crippen LogP contribution in [0.5, 0.6) is 0 Å². The third-order valence-electron chi connectivity index (χ3n) is 3.56. The van der Waals surface area contributed by atoms with Gasteiger partial charge < -0.3 is 10.4 Å². The van der Waals surface area contributed by atoms with Crippen molar-refractivity contribution in [2.75, 3.05) is 5.32 Å². The van der Waals surface area contributed by atoms with Crippen LogP contribution in [0.4, 0.5) is 11.5 Å². The van der Waals surface area contributed by atoms with Gasteiger partial charge in [0.1, 0.15) is 11.9 Å². The number of aliphatic hydroxyl groups is 1. The molecule has 0 fully saturated rings. The van der Waals surface area contributed by atoms with Crippen molar-refractivity contribution >= 4 is 11.5 Å². The fourth-order valence-corrected chi connectivity index (χ4v) is 2.24. The molecule has 0 aliphatic carbocycles.